The third kappa shape index (κ3) is 2.04. The van der Waals surface area contributed by atoms with Crippen LogP contribution in [0, 0.1) is 0 Å². The smallest absolute Gasteiger partial charge is 0.191 e. The summed E-state index contributed by atoms with van der Waals surface area (Å²) in [4.78, 5) is 13.7. The summed E-state index contributed by atoms with van der Waals surface area (Å²) in [5.41, 5.74) is 0.822. The lowest BCUT2D eigenvalue weighted by molar-refractivity contribution is 0.312. The lowest BCUT2D eigenvalue weighted by Gasteiger charge is -2.33. The second-order valence-electron chi connectivity index (χ2n) is 4.46. The van der Waals surface area contributed by atoms with Gasteiger partial charge in [-0.3, -0.25) is 5.10 Å². The number of hydrogen-bond acceptors (Lipinski definition) is 6. The van der Waals surface area contributed by atoms with Gasteiger partial charge in [-0.05, 0) is 13.3 Å². The van der Waals surface area contributed by atoms with E-state index in [4.69, 9.17) is 0 Å². The number of fused-ring (bicyclic) bond motifs is 1. The number of nitrogens with zero attached hydrogens (tertiary/aromatic N) is 5. The van der Waals surface area contributed by atoms with Gasteiger partial charge >= 0.3 is 0 Å². The van der Waals surface area contributed by atoms with Crippen LogP contribution in [0.4, 0.5) is 5.82 Å². The number of anilines is 1. The fourth-order valence-corrected chi connectivity index (χ4v) is 2.51. The molecule has 0 amide bonds. The molecule has 1 saturated heterocycles. The summed E-state index contributed by atoms with van der Waals surface area (Å²) < 4.78 is 0. The summed E-state index contributed by atoms with van der Waals surface area (Å²) in [6, 6.07) is 0. The molecule has 0 bridgehead atoms. The molecule has 3 rings (SSSR count). The summed E-state index contributed by atoms with van der Waals surface area (Å²) in [6.07, 6.45) is 3.80. The van der Waals surface area contributed by atoms with Gasteiger partial charge in [0.2, 0.25) is 0 Å². The normalized spacial score (nSPS) is 17.6. The van der Waals surface area contributed by atoms with Gasteiger partial charge in [0.25, 0.3) is 0 Å². The van der Waals surface area contributed by atoms with Crippen LogP contribution in [0.3, 0.4) is 0 Å². The number of H-pyrrole nitrogens is 1. The highest BCUT2D eigenvalue weighted by molar-refractivity contribution is 7.98. The van der Waals surface area contributed by atoms with Gasteiger partial charge in [-0.25, -0.2) is 9.97 Å². The van der Waals surface area contributed by atoms with Crippen LogP contribution in [0.5, 0.6) is 0 Å². The monoisotopic (exact) mass is 264 g/mol. The van der Waals surface area contributed by atoms with Crippen LogP contribution < -0.4 is 4.90 Å². The molecule has 0 radical (unpaired) electrons. The lowest BCUT2D eigenvalue weighted by Crippen LogP contribution is -2.44. The zero-order valence-corrected chi connectivity index (χ0v) is 11.4. The van der Waals surface area contributed by atoms with Crippen molar-refractivity contribution >= 4 is 28.6 Å². The molecule has 6 nitrogen and oxygen atoms in total. The molecule has 2 aromatic heterocycles. The maximum absolute atomic E-state index is 4.64. The molecule has 0 saturated carbocycles. The first kappa shape index (κ1) is 11.7. The molecule has 7 heteroatoms. The molecular formula is C11H16N6S. The first-order valence-electron chi connectivity index (χ1n) is 5.96. The third-order valence-corrected chi connectivity index (χ3v) is 3.80. The molecule has 2 aromatic rings. The fourth-order valence-electron chi connectivity index (χ4n) is 2.15. The van der Waals surface area contributed by atoms with Crippen molar-refractivity contribution in [3.63, 3.8) is 0 Å². The van der Waals surface area contributed by atoms with Crippen LogP contribution >= 0.6 is 11.8 Å². The molecule has 3 heterocycles. The highest BCUT2D eigenvalue weighted by atomic mass is 32.2. The molecule has 1 N–H and O–H groups in total. The number of piperazine rings is 1. The summed E-state index contributed by atoms with van der Waals surface area (Å²) >= 11 is 1.56. The van der Waals surface area contributed by atoms with Crippen LogP contribution in [0.2, 0.25) is 0 Å². The Hall–Kier alpha value is -1.34. The summed E-state index contributed by atoms with van der Waals surface area (Å²) in [7, 11) is 2.15. The average molecular weight is 264 g/mol. The molecule has 0 aromatic carbocycles. The number of rotatable bonds is 2. The van der Waals surface area contributed by atoms with E-state index >= 15 is 0 Å². The predicted molar refractivity (Wildman–Crippen MR) is 73.2 cm³/mol. The minimum atomic E-state index is 0.792. The topological polar surface area (TPSA) is 60.9 Å². The number of likely N-dealkylation sites (N-methyl/N-ethyl adjacent to an activating group) is 1. The highest BCUT2D eigenvalue weighted by Crippen LogP contribution is 2.25. The fraction of sp³-hybridized carbons (Fsp3) is 0.545. The van der Waals surface area contributed by atoms with Gasteiger partial charge in [-0.1, -0.05) is 11.8 Å². The van der Waals surface area contributed by atoms with Crippen molar-refractivity contribution in [2.75, 3.05) is 44.4 Å². The van der Waals surface area contributed by atoms with E-state index in [2.05, 4.69) is 37.0 Å². The van der Waals surface area contributed by atoms with Crippen molar-refractivity contribution in [3.05, 3.63) is 6.20 Å². The molecule has 0 unspecified atom stereocenters. The Morgan fingerprint density at radius 1 is 1.22 bits per heavy atom. The Bertz CT molecular complexity index is 545. The van der Waals surface area contributed by atoms with Crippen LogP contribution in [-0.2, 0) is 0 Å². The number of nitrogens with one attached hydrogen (secondary N) is 1. The van der Waals surface area contributed by atoms with Crippen LogP contribution in [0.15, 0.2) is 11.4 Å². The Labute approximate surface area is 110 Å². The molecule has 96 valence electrons. The van der Waals surface area contributed by atoms with E-state index in [1.165, 1.54) is 0 Å². The number of aromatic amines is 1. The Balaban J connectivity index is 2.01. The van der Waals surface area contributed by atoms with Crippen LogP contribution in [0.25, 0.3) is 11.0 Å². The minimum Gasteiger partial charge on any atom is -0.353 e. The number of thioether (sulfide) groups is 1. The summed E-state index contributed by atoms with van der Waals surface area (Å²) in [6.45, 7) is 4.14. The van der Waals surface area contributed by atoms with Crippen molar-refractivity contribution in [1.82, 2.24) is 25.1 Å². The summed E-state index contributed by atoms with van der Waals surface area (Å²) in [5, 5.41) is 8.81. The van der Waals surface area contributed by atoms with Crippen molar-refractivity contribution in [3.8, 4) is 0 Å². The average Bonchev–Trinajstić information content (AvgIpc) is 2.86. The van der Waals surface area contributed by atoms with E-state index in [1.807, 2.05) is 12.5 Å². The van der Waals surface area contributed by atoms with Gasteiger partial charge < -0.3 is 9.80 Å². The Kier molecular flexibility index (Phi) is 3.09. The number of aromatic nitrogens is 4. The van der Waals surface area contributed by atoms with Gasteiger partial charge in [0, 0.05) is 26.2 Å². The maximum atomic E-state index is 4.64. The minimum absolute atomic E-state index is 0.792. The lowest BCUT2D eigenvalue weighted by atomic mass is 10.3. The Morgan fingerprint density at radius 2 is 2.00 bits per heavy atom. The quantitative estimate of drug-likeness (QED) is 0.640. The van der Waals surface area contributed by atoms with Gasteiger partial charge in [-0.2, -0.15) is 5.10 Å². The molecule has 18 heavy (non-hydrogen) atoms. The predicted octanol–water partition coefficient (Wildman–Crippen LogP) is 0.827. The van der Waals surface area contributed by atoms with E-state index in [0.717, 1.165) is 48.2 Å². The molecule has 0 aliphatic carbocycles. The second-order valence-corrected chi connectivity index (χ2v) is 5.23. The van der Waals surface area contributed by atoms with E-state index in [0.29, 0.717) is 0 Å². The first-order valence-corrected chi connectivity index (χ1v) is 7.19. The molecular weight excluding hydrogens is 248 g/mol. The SMILES string of the molecule is CSc1nc(N2CCN(C)CC2)c2cn[nH]c2n1. The zero-order chi connectivity index (χ0) is 12.5. The second kappa shape index (κ2) is 4.74. The molecule has 0 atom stereocenters. The number of hydrogen-bond donors (Lipinski definition) is 1. The van der Waals surface area contributed by atoms with Crippen molar-refractivity contribution in [2.24, 2.45) is 0 Å². The largest absolute Gasteiger partial charge is 0.353 e. The maximum Gasteiger partial charge on any atom is 0.191 e. The van der Waals surface area contributed by atoms with E-state index < -0.39 is 0 Å². The standard InChI is InChI=1S/C11H16N6S/c1-16-3-5-17(6-4-16)10-8-7-12-15-9(8)13-11(14-10)18-2/h7H,3-6H2,1-2H3,(H,12,13,14,15). The van der Waals surface area contributed by atoms with Gasteiger partial charge in [0.1, 0.15) is 5.82 Å². The third-order valence-electron chi connectivity index (χ3n) is 3.25. The van der Waals surface area contributed by atoms with E-state index in [-0.39, 0.29) is 0 Å². The van der Waals surface area contributed by atoms with E-state index in [1.54, 1.807) is 11.8 Å². The molecule has 1 fully saturated rings. The zero-order valence-electron chi connectivity index (χ0n) is 10.6. The van der Waals surface area contributed by atoms with E-state index in [9.17, 15) is 0 Å². The Morgan fingerprint density at radius 3 is 2.72 bits per heavy atom. The van der Waals surface area contributed by atoms with Crippen molar-refractivity contribution < 1.29 is 0 Å². The van der Waals surface area contributed by atoms with Crippen LogP contribution in [0.1, 0.15) is 0 Å². The summed E-state index contributed by atoms with van der Waals surface area (Å²) in [5.74, 6) is 1.01. The molecule has 0 spiro atoms. The van der Waals surface area contributed by atoms with Crippen molar-refractivity contribution in [1.29, 1.82) is 0 Å². The first-order chi connectivity index (χ1) is 8.78. The molecule has 1 aliphatic rings. The molecule has 1 aliphatic heterocycles. The van der Waals surface area contributed by atoms with Gasteiger partial charge in [0.05, 0.1) is 11.6 Å². The van der Waals surface area contributed by atoms with Gasteiger partial charge in [0.15, 0.2) is 10.8 Å². The van der Waals surface area contributed by atoms with Crippen molar-refractivity contribution in [2.45, 2.75) is 5.16 Å². The van der Waals surface area contributed by atoms with Crippen LogP contribution in [-0.4, -0.2) is 64.5 Å². The highest BCUT2D eigenvalue weighted by Gasteiger charge is 2.19. The van der Waals surface area contributed by atoms with Gasteiger partial charge in [-0.15, -0.1) is 0 Å².